The number of ketones is 2. The summed E-state index contributed by atoms with van der Waals surface area (Å²) in [6, 6.07) is -3.39. The minimum atomic E-state index is -2.69. The fraction of sp³-hybridized carbons (Fsp3) is 0.333. The maximum atomic E-state index is 13.1. The molecule has 2 aromatic rings. The van der Waals surface area contributed by atoms with E-state index in [2.05, 4.69) is 4.98 Å². The molecule has 3 rings (SSSR count). The van der Waals surface area contributed by atoms with Crippen molar-refractivity contribution in [3.05, 3.63) is 34.3 Å². The number of anilines is 1. The normalized spacial score (nSPS) is 29.8. The van der Waals surface area contributed by atoms with Gasteiger partial charge in [-0.3, -0.25) is 19.0 Å². The van der Waals surface area contributed by atoms with Gasteiger partial charge in [0.05, 0.1) is 27.5 Å². The monoisotopic (exact) mass is 292 g/mol. The van der Waals surface area contributed by atoms with E-state index < -0.39 is 78.5 Å². The number of nitrogens with two attached hydrogens (primary N) is 1. The number of nitrogen functional groups attached to an aromatic ring is 1. The van der Waals surface area contributed by atoms with Crippen LogP contribution in [0.5, 0.6) is 0 Å². The Labute approximate surface area is 130 Å². The molecule has 2 atom stereocenters. The van der Waals surface area contributed by atoms with Crippen molar-refractivity contribution in [2.45, 2.75) is 32.1 Å². The second-order valence-corrected chi connectivity index (χ2v) is 4.54. The molecule has 1 aromatic carbocycles. The van der Waals surface area contributed by atoms with E-state index in [1.54, 1.807) is 0 Å². The van der Waals surface area contributed by atoms with E-state index in [1.807, 2.05) is 0 Å². The quantitative estimate of drug-likeness (QED) is 0.628. The van der Waals surface area contributed by atoms with Crippen molar-refractivity contribution in [1.29, 1.82) is 0 Å². The number of carbonyl (C=O) groups is 2. The summed E-state index contributed by atoms with van der Waals surface area (Å²) in [4.78, 5) is 41.3. The lowest BCUT2D eigenvalue weighted by molar-refractivity contribution is -0.132. The predicted molar refractivity (Wildman–Crippen MR) is 78.1 cm³/mol. The summed E-state index contributed by atoms with van der Waals surface area (Å²) in [6.07, 6.45) is -5.46. The molecular weight excluding hydrogens is 270 g/mol. The largest absolute Gasteiger partial charge is 0.398 e. The third-order valence-electron chi connectivity index (χ3n) is 3.18. The van der Waals surface area contributed by atoms with Crippen LogP contribution in [0.4, 0.5) is 5.69 Å². The summed E-state index contributed by atoms with van der Waals surface area (Å²) < 4.78 is 55.4. The zero-order chi connectivity index (χ0) is 21.1. The number of hydrogen-bond acceptors (Lipinski definition) is 5. The van der Waals surface area contributed by atoms with Crippen LogP contribution in [0, 0.1) is 6.90 Å². The second-order valence-electron chi connectivity index (χ2n) is 4.54. The molecule has 1 saturated carbocycles. The molecule has 2 unspecified atom stereocenters. The molecule has 0 spiro atoms. The van der Waals surface area contributed by atoms with Gasteiger partial charge >= 0.3 is 0 Å². The maximum absolute atomic E-state index is 13.1. The Bertz CT molecular complexity index is 1100. The van der Waals surface area contributed by atoms with Gasteiger partial charge in [0, 0.05) is 17.5 Å². The first-order valence-electron chi connectivity index (χ1n) is 9.81. The summed E-state index contributed by atoms with van der Waals surface area (Å²) in [5.74, 6) is -2.27. The lowest BCUT2D eigenvalue weighted by Gasteiger charge is -2.24. The number of aryl methyl sites for hydroxylation is 1. The molecule has 6 heteroatoms. The fourth-order valence-corrected chi connectivity index (χ4v) is 2.22. The Morgan fingerprint density at radius 2 is 2.29 bits per heavy atom. The average Bonchev–Trinajstić information content (AvgIpc) is 2.64. The molecular formula is C15H15N3O3. The minimum absolute atomic E-state index is 0.314. The van der Waals surface area contributed by atoms with Gasteiger partial charge in [0.15, 0.2) is 5.78 Å². The topological polar surface area (TPSA) is 95.0 Å². The van der Waals surface area contributed by atoms with Gasteiger partial charge < -0.3 is 5.73 Å². The zero-order valence-corrected chi connectivity index (χ0v) is 10.8. The van der Waals surface area contributed by atoms with Crippen molar-refractivity contribution < 1.29 is 19.2 Å². The SMILES string of the molecule is [2H]Cc1nc2c([2H])c([2H])c([2H])c(N)c2c(=O)n1C1C(=O)CC(=O)C([2H])([2H])C1[2H]. The smallest absolute Gasteiger partial charge is 0.264 e. The molecule has 1 aliphatic carbocycles. The van der Waals surface area contributed by atoms with E-state index in [4.69, 9.17) is 15.3 Å². The second kappa shape index (κ2) is 4.80. The molecule has 1 aromatic heterocycles. The highest BCUT2D eigenvalue weighted by Crippen LogP contribution is 2.24. The molecule has 21 heavy (non-hydrogen) atoms. The lowest BCUT2D eigenvalue weighted by atomic mass is 9.92. The number of nitrogens with zero attached hydrogens (tertiary/aromatic N) is 2. The van der Waals surface area contributed by atoms with Gasteiger partial charge in [-0.15, -0.1) is 0 Å². The molecule has 0 bridgehead atoms. The van der Waals surface area contributed by atoms with Crippen LogP contribution in [0.25, 0.3) is 10.9 Å². The van der Waals surface area contributed by atoms with E-state index in [0.29, 0.717) is 4.57 Å². The molecule has 0 aliphatic heterocycles. The first-order valence-corrected chi connectivity index (χ1v) is 6.03. The van der Waals surface area contributed by atoms with Gasteiger partial charge in [0.1, 0.15) is 11.6 Å². The highest BCUT2D eigenvalue weighted by atomic mass is 16.2. The van der Waals surface area contributed by atoms with Crippen LogP contribution in [-0.2, 0) is 9.59 Å². The summed E-state index contributed by atoms with van der Waals surface area (Å²) in [5.41, 5.74) is 4.00. The van der Waals surface area contributed by atoms with Gasteiger partial charge in [-0.2, -0.15) is 0 Å². The van der Waals surface area contributed by atoms with E-state index in [1.165, 1.54) is 0 Å². The molecule has 0 radical (unpaired) electrons. The number of fused-ring (bicyclic) bond motifs is 1. The Balaban J connectivity index is 2.42. The molecule has 1 fully saturated rings. The third kappa shape index (κ3) is 2.12. The summed E-state index contributed by atoms with van der Waals surface area (Å²) in [5, 5.41) is -0.416. The Kier molecular flexibility index (Phi) is 1.71. The first-order chi connectivity index (χ1) is 12.9. The van der Waals surface area contributed by atoms with Crippen molar-refractivity contribution in [3.8, 4) is 0 Å². The Hall–Kier alpha value is -2.50. The molecule has 1 aliphatic rings. The number of carbonyl (C=O) groups excluding carboxylic acids is 2. The van der Waals surface area contributed by atoms with E-state index >= 15 is 0 Å². The number of rotatable bonds is 1. The van der Waals surface area contributed by atoms with E-state index in [0.717, 1.165) is 0 Å². The highest BCUT2D eigenvalue weighted by molar-refractivity contribution is 6.03. The van der Waals surface area contributed by atoms with Crippen molar-refractivity contribution in [3.63, 3.8) is 0 Å². The van der Waals surface area contributed by atoms with Crippen molar-refractivity contribution in [2.24, 2.45) is 0 Å². The van der Waals surface area contributed by atoms with Gasteiger partial charge in [-0.1, -0.05) is 6.04 Å². The van der Waals surface area contributed by atoms with E-state index in [9.17, 15) is 14.4 Å². The summed E-state index contributed by atoms with van der Waals surface area (Å²) >= 11 is 0. The van der Waals surface area contributed by atoms with Gasteiger partial charge in [-0.25, -0.2) is 4.98 Å². The average molecular weight is 292 g/mol. The molecule has 2 N–H and O–H groups in total. The first kappa shape index (κ1) is 7.49. The van der Waals surface area contributed by atoms with Gasteiger partial charge in [0.2, 0.25) is 0 Å². The lowest BCUT2D eigenvalue weighted by Crippen LogP contribution is -2.36. The zero-order valence-electron chi connectivity index (χ0n) is 17.8. The number of Topliss-reactive ketones (excluding diaryl/α,β-unsaturated/α-hetero) is 2. The summed E-state index contributed by atoms with van der Waals surface area (Å²) in [7, 11) is 0. The minimum Gasteiger partial charge on any atom is -0.398 e. The van der Waals surface area contributed by atoms with Crippen LogP contribution in [0.3, 0.4) is 0 Å². The van der Waals surface area contributed by atoms with Crippen LogP contribution < -0.4 is 11.3 Å². The molecule has 6 nitrogen and oxygen atoms in total. The van der Waals surface area contributed by atoms with Crippen LogP contribution in [0.15, 0.2) is 22.9 Å². The van der Waals surface area contributed by atoms with Crippen molar-refractivity contribution in [2.75, 3.05) is 5.73 Å². The highest BCUT2D eigenvalue weighted by Gasteiger charge is 2.30. The number of hydrogen-bond donors (Lipinski definition) is 1. The fourth-order valence-electron chi connectivity index (χ4n) is 2.22. The maximum Gasteiger partial charge on any atom is 0.264 e. The molecule has 0 saturated heterocycles. The van der Waals surface area contributed by atoms with Crippen molar-refractivity contribution in [1.82, 2.24) is 9.55 Å². The van der Waals surface area contributed by atoms with E-state index in [-0.39, 0.29) is 11.3 Å². The number of benzene rings is 1. The molecule has 0 amide bonds. The van der Waals surface area contributed by atoms with Gasteiger partial charge in [-0.05, 0) is 25.4 Å². The van der Waals surface area contributed by atoms with Gasteiger partial charge in [0.25, 0.3) is 5.56 Å². The van der Waals surface area contributed by atoms with Crippen LogP contribution in [-0.4, -0.2) is 21.1 Å². The number of aromatic nitrogens is 2. The molecule has 108 valence electrons. The standard InChI is InChI=1S/C15H15N3O3/c1-8-17-11-4-2-3-10(16)14(11)15(21)18(8)12-6-5-9(19)7-13(12)20/h2-4,12H,5-7,16H2,1H3/i1D,2D,3D,4D,5D2,6D. The molecule has 1 heterocycles. The summed E-state index contributed by atoms with van der Waals surface area (Å²) in [6.45, 7) is -0.645. The Morgan fingerprint density at radius 1 is 1.48 bits per heavy atom. The van der Waals surface area contributed by atoms with Crippen molar-refractivity contribution >= 4 is 28.2 Å². The van der Waals surface area contributed by atoms with Crippen LogP contribution >= 0.6 is 0 Å². The Morgan fingerprint density at radius 3 is 3.05 bits per heavy atom. The third-order valence-corrected chi connectivity index (χ3v) is 3.18. The van der Waals surface area contributed by atoms with Crippen LogP contribution in [0.1, 0.15) is 40.7 Å². The van der Waals surface area contributed by atoms with Crippen LogP contribution in [0.2, 0.25) is 0 Å². The predicted octanol–water partition coefficient (Wildman–Crippen LogP) is 1.15.